The third kappa shape index (κ3) is 3.24. The Kier molecular flexibility index (Phi) is 4.53. The summed E-state index contributed by atoms with van der Waals surface area (Å²) in [5.74, 6) is 0.763. The molecule has 0 amide bonds. The van der Waals surface area contributed by atoms with Gasteiger partial charge in [-0.25, -0.2) is 4.68 Å². The number of methoxy groups -OCH3 is 1. The number of hydrogen-bond donors (Lipinski definition) is 1. The van der Waals surface area contributed by atoms with E-state index >= 15 is 0 Å². The molecule has 5 nitrogen and oxygen atoms in total. The normalized spacial score (nSPS) is 10.6. The minimum atomic E-state index is -0.105. The minimum Gasteiger partial charge on any atom is -0.496 e. The Balaban J connectivity index is 2.35. The largest absolute Gasteiger partial charge is 0.496 e. The monoisotopic (exact) mass is 273 g/mol. The SMILES string of the molecule is CNCc1ccc(OC)c(Cn2ncc(C)cc2=O)c1. The molecule has 0 spiro atoms. The molecule has 0 bridgehead atoms. The number of ether oxygens (including phenoxy) is 1. The molecule has 2 rings (SSSR count). The Bertz CT molecular complexity index is 650. The number of aryl methyl sites for hydroxylation is 1. The molecule has 1 heterocycles. The van der Waals surface area contributed by atoms with Crippen molar-refractivity contribution in [3.8, 4) is 5.75 Å². The van der Waals surface area contributed by atoms with Gasteiger partial charge in [-0.1, -0.05) is 6.07 Å². The lowest BCUT2D eigenvalue weighted by atomic mass is 10.1. The first-order valence-electron chi connectivity index (χ1n) is 6.48. The van der Waals surface area contributed by atoms with Crippen LogP contribution in [0.2, 0.25) is 0 Å². The van der Waals surface area contributed by atoms with E-state index < -0.39 is 0 Å². The maximum atomic E-state index is 11.9. The van der Waals surface area contributed by atoms with Crippen LogP contribution in [0.4, 0.5) is 0 Å². The van der Waals surface area contributed by atoms with Gasteiger partial charge in [0, 0.05) is 18.2 Å². The predicted molar refractivity (Wildman–Crippen MR) is 78.1 cm³/mol. The highest BCUT2D eigenvalue weighted by atomic mass is 16.5. The van der Waals surface area contributed by atoms with Crippen LogP contribution in [0, 0.1) is 6.92 Å². The summed E-state index contributed by atoms with van der Waals surface area (Å²) in [6.45, 7) is 3.03. The number of nitrogens with zero attached hydrogens (tertiary/aromatic N) is 2. The first-order chi connectivity index (χ1) is 9.63. The van der Waals surface area contributed by atoms with E-state index in [0.29, 0.717) is 6.54 Å². The molecule has 0 saturated heterocycles. The Morgan fingerprint density at radius 1 is 1.35 bits per heavy atom. The molecule has 0 aliphatic carbocycles. The summed E-state index contributed by atoms with van der Waals surface area (Å²) < 4.78 is 6.79. The molecule has 0 aliphatic heterocycles. The Morgan fingerprint density at radius 2 is 2.15 bits per heavy atom. The number of aromatic nitrogens is 2. The van der Waals surface area contributed by atoms with E-state index in [-0.39, 0.29) is 5.56 Å². The van der Waals surface area contributed by atoms with Gasteiger partial charge < -0.3 is 10.1 Å². The van der Waals surface area contributed by atoms with Crippen molar-refractivity contribution in [1.29, 1.82) is 0 Å². The number of benzene rings is 1. The summed E-state index contributed by atoms with van der Waals surface area (Å²) in [5.41, 5.74) is 2.84. The van der Waals surface area contributed by atoms with Gasteiger partial charge in [0.25, 0.3) is 5.56 Å². The van der Waals surface area contributed by atoms with Gasteiger partial charge in [0.2, 0.25) is 0 Å². The number of nitrogens with one attached hydrogen (secondary N) is 1. The van der Waals surface area contributed by atoms with E-state index in [0.717, 1.165) is 29.0 Å². The van der Waals surface area contributed by atoms with Gasteiger partial charge >= 0.3 is 0 Å². The predicted octanol–water partition coefficient (Wildman–Crippen LogP) is 1.33. The fourth-order valence-corrected chi connectivity index (χ4v) is 2.07. The van der Waals surface area contributed by atoms with Crippen LogP contribution < -0.4 is 15.6 Å². The molecule has 0 radical (unpaired) electrons. The maximum Gasteiger partial charge on any atom is 0.267 e. The van der Waals surface area contributed by atoms with E-state index in [9.17, 15) is 4.79 Å². The Hall–Kier alpha value is -2.14. The van der Waals surface area contributed by atoms with Gasteiger partial charge in [0.15, 0.2) is 0 Å². The molecule has 5 heteroatoms. The van der Waals surface area contributed by atoms with Crippen LogP contribution in [0.15, 0.2) is 35.3 Å². The van der Waals surface area contributed by atoms with Crippen LogP contribution >= 0.6 is 0 Å². The molecule has 1 N–H and O–H groups in total. The molecular weight excluding hydrogens is 254 g/mol. The first-order valence-corrected chi connectivity index (χ1v) is 6.48. The van der Waals surface area contributed by atoms with E-state index in [4.69, 9.17) is 4.74 Å². The third-order valence-corrected chi connectivity index (χ3v) is 3.05. The van der Waals surface area contributed by atoms with Crippen LogP contribution in [-0.4, -0.2) is 23.9 Å². The van der Waals surface area contributed by atoms with Crippen LogP contribution in [0.5, 0.6) is 5.75 Å². The van der Waals surface area contributed by atoms with E-state index in [1.54, 1.807) is 19.4 Å². The first kappa shape index (κ1) is 14.3. The van der Waals surface area contributed by atoms with Gasteiger partial charge in [0.05, 0.1) is 19.9 Å². The molecular formula is C15H19N3O2. The standard InChI is InChI=1S/C15H19N3O2/c1-11-6-15(19)18(17-8-11)10-13-7-12(9-16-2)4-5-14(13)20-3/h4-8,16H,9-10H2,1-3H3. The van der Waals surface area contributed by atoms with Gasteiger partial charge in [-0.15, -0.1) is 0 Å². The van der Waals surface area contributed by atoms with Crippen molar-refractivity contribution >= 4 is 0 Å². The lowest BCUT2D eigenvalue weighted by molar-refractivity contribution is 0.406. The van der Waals surface area contributed by atoms with Gasteiger partial charge in [0.1, 0.15) is 5.75 Å². The summed E-state index contributed by atoms with van der Waals surface area (Å²) in [6, 6.07) is 7.53. The smallest absolute Gasteiger partial charge is 0.267 e. The van der Waals surface area contributed by atoms with Crippen molar-refractivity contribution in [2.45, 2.75) is 20.0 Å². The zero-order valence-corrected chi connectivity index (χ0v) is 12.0. The summed E-state index contributed by atoms with van der Waals surface area (Å²) in [7, 11) is 3.53. The topological polar surface area (TPSA) is 56.1 Å². The highest BCUT2D eigenvalue weighted by Crippen LogP contribution is 2.20. The molecule has 20 heavy (non-hydrogen) atoms. The second kappa shape index (κ2) is 6.34. The molecule has 1 aromatic heterocycles. The van der Waals surface area contributed by atoms with Gasteiger partial charge in [-0.2, -0.15) is 5.10 Å². The van der Waals surface area contributed by atoms with Crippen LogP contribution in [-0.2, 0) is 13.1 Å². The molecule has 1 aromatic carbocycles. The van der Waals surface area contributed by atoms with E-state index in [2.05, 4.69) is 10.4 Å². The van der Waals surface area contributed by atoms with Crippen LogP contribution in [0.3, 0.4) is 0 Å². The van der Waals surface area contributed by atoms with Crippen LogP contribution in [0.1, 0.15) is 16.7 Å². The quantitative estimate of drug-likeness (QED) is 0.893. The van der Waals surface area contributed by atoms with Gasteiger partial charge in [-0.3, -0.25) is 4.79 Å². The summed E-state index contributed by atoms with van der Waals surface area (Å²) >= 11 is 0. The molecule has 0 unspecified atom stereocenters. The summed E-state index contributed by atoms with van der Waals surface area (Å²) in [4.78, 5) is 11.9. The van der Waals surface area contributed by atoms with Crippen LogP contribution in [0.25, 0.3) is 0 Å². The lowest BCUT2D eigenvalue weighted by Gasteiger charge is -2.11. The Morgan fingerprint density at radius 3 is 2.80 bits per heavy atom. The minimum absolute atomic E-state index is 0.105. The summed E-state index contributed by atoms with van der Waals surface area (Å²) in [6.07, 6.45) is 1.69. The third-order valence-electron chi connectivity index (χ3n) is 3.05. The number of hydrogen-bond acceptors (Lipinski definition) is 4. The zero-order chi connectivity index (χ0) is 14.5. The number of rotatable bonds is 5. The zero-order valence-electron chi connectivity index (χ0n) is 12.0. The molecule has 0 aliphatic rings. The van der Waals surface area contributed by atoms with Crippen molar-refractivity contribution in [2.24, 2.45) is 0 Å². The summed E-state index contributed by atoms with van der Waals surface area (Å²) in [5, 5.41) is 7.26. The molecule has 0 atom stereocenters. The van der Waals surface area contributed by atoms with Crippen molar-refractivity contribution in [2.75, 3.05) is 14.2 Å². The fourth-order valence-electron chi connectivity index (χ4n) is 2.07. The second-order valence-electron chi connectivity index (χ2n) is 4.71. The maximum absolute atomic E-state index is 11.9. The highest BCUT2D eigenvalue weighted by Gasteiger charge is 2.07. The molecule has 106 valence electrons. The lowest BCUT2D eigenvalue weighted by Crippen LogP contribution is -2.23. The highest BCUT2D eigenvalue weighted by molar-refractivity contribution is 5.37. The fraction of sp³-hybridized carbons (Fsp3) is 0.333. The second-order valence-corrected chi connectivity index (χ2v) is 4.71. The van der Waals surface area contributed by atoms with Crippen molar-refractivity contribution < 1.29 is 4.74 Å². The van der Waals surface area contributed by atoms with Crippen molar-refractivity contribution in [3.63, 3.8) is 0 Å². The average molecular weight is 273 g/mol. The van der Waals surface area contributed by atoms with E-state index in [1.807, 2.05) is 32.2 Å². The van der Waals surface area contributed by atoms with Gasteiger partial charge in [-0.05, 0) is 37.2 Å². The Labute approximate surface area is 118 Å². The van der Waals surface area contributed by atoms with E-state index in [1.165, 1.54) is 4.68 Å². The average Bonchev–Trinajstić information content (AvgIpc) is 2.43. The molecule has 2 aromatic rings. The molecule has 0 fully saturated rings. The van der Waals surface area contributed by atoms with Crippen molar-refractivity contribution in [3.05, 3.63) is 57.5 Å². The van der Waals surface area contributed by atoms with Crippen molar-refractivity contribution in [1.82, 2.24) is 15.1 Å². The molecule has 0 saturated carbocycles.